The second kappa shape index (κ2) is 9.20. The Balaban J connectivity index is 0.00000243. The first kappa shape index (κ1) is 20.5. The van der Waals surface area contributed by atoms with Crippen molar-refractivity contribution in [2.45, 2.75) is 6.54 Å². The van der Waals surface area contributed by atoms with Crippen molar-refractivity contribution in [3.05, 3.63) is 53.9 Å². The van der Waals surface area contributed by atoms with Crippen LogP contribution in [-0.4, -0.2) is 48.7 Å². The Labute approximate surface area is 169 Å². The van der Waals surface area contributed by atoms with Gasteiger partial charge in [-0.15, -0.1) is 24.0 Å². The van der Waals surface area contributed by atoms with E-state index in [-0.39, 0.29) is 29.8 Å². The fourth-order valence-electron chi connectivity index (χ4n) is 3.07. The molecule has 1 aliphatic rings. The van der Waals surface area contributed by atoms with E-state index in [1.807, 2.05) is 22.7 Å². The lowest BCUT2D eigenvalue weighted by atomic mass is 10.2. The van der Waals surface area contributed by atoms with Gasteiger partial charge in [-0.2, -0.15) is 0 Å². The molecule has 1 fully saturated rings. The Morgan fingerprint density at radius 2 is 1.88 bits per heavy atom. The first-order valence-corrected chi connectivity index (χ1v) is 8.33. The lowest BCUT2D eigenvalue weighted by molar-refractivity contribution is 0.370. The Morgan fingerprint density at radius 1 is 1.15 bits per heavy atom. The smallest absolute Gasteiger partial charge is 0.194 e. The third-order valence-corrected chi connectivity index (χ3v) is 4.38. The second-order valence-electron chi connectivity index (χ2n) is 6.16. The van der Waals surface area contributed by atoms with Gasteiger partial charge in [0, 0.05) is 65.3 Å². The molecule has 2 heterocycles. The highest BCUT2D eigenvalue weighted by Gasteiger charge is 2.22. The molecule has 0 bridgehead atoms. The highest BCUT2D eigenvalue weighted by atomic mass is 127. The van der Waals surface area contributed by atoms with Crippen molar-refractivity contribution < 1.29 is 8.78 Å². The lowest BCUT2D eigenvalue weighted by Crippen LogP contribution is -2.52. The minimum atomic E-state index is -0.417. The zero-order valence-electron chi connectivity index (χ0n) is 15.0. The Hall–Kier alpha value is -1.84. The molecule has 1 aliphatic heterocycles. The number of aromatic nitrogens is 1. The summed E-state index contributed by atoms with van der Waals surface area (Å²) in [6, 6.07) is 5.64. The van der Waals surface area contributed by atoms with Crippen LogP contribution in [0.25, 0.3) is 0 Å². The lowest BCUT2D eigenvalue weighted by Gasteiger charge is -2.37. The van der Waals surface area contributed by atoms with E-state index < -0.39 is 5.82 Å². The maximum Gasteiger partial charge on any atom is 0.194 e. The number of aryl methyl sites for hydroxylation is 1. The quantitative estimate of drug-likeness (QED) is 0.422. The molecule has 0 spiro atoms. The maximum absolute atomic E-state index is 13.9. The average molecular weight is 475 g/mol. The van der Waals surface area contributed by atoms with Crippen LogP contribution in [0.4, 0.5) is 14.5 Å². The summed E-state index contributed by atoms with van der Waals surface area (Å²) in [4.78, 5) is 8.35. The number of aliphatic imine (C=N–C) groups is 1. The molecule has 26 heavy (non-hydrogen) atoms. The van der Waals surface area contributed by atoms with Gasteiger partial charge in [0.1, 0.15) is 11.6 Å². The largest absolute Gasteiger partial charge is 0.366 e. The van der Waals surface area contributed by atoms with Gasteiger partial charge in [-0.25, -0.2) is 8.78 Å². The molecule has 1 N–H and O–H groups in total. The van der Waals surface area contributed by atoms with Crippen LogP contribution in [0.3, 0.4) is 0 Å². The predicted octanol–water partition coefficient (Wildman–Crippen LogP) is 2.82. The maximum atomic E-state index is 13.9. The highest BCUT2D eigenvalue weighted by Crippen LogP contribution is 2.21. The van der Waals surface area contributed by atoms with E-state index in [4.69, 9.17) is 0 Å². The minimum absolute atomic E-state index is 0. The number of hydrogen-bond donors (Lipinski definition) is 1. The van der Waals surface area contributed by atoms with Crippen molar-refractivity contribution >= 4 is 35.6 Å². The van der Waals surface area contributed by atoms with Crippen molar-refractivity contribution in [3.63, 3.8) is 0 Å². The molecular formula is C18H24F2IN5. The summed E-state index contributed by atoms with van der Waals surface area (Å²) in [6.07, 6.45) is 4.07. The van der Waals surface area contributed by atoms with Gasteiger partial charge in [0.05, 0.1) is 5.69 Å². The molecule has 0 saturated carbocycles. The third kappa shape index (κ3) is 4.87. The number of guanidine groups is 1. The zero-order chi connectivity index (χ0) is 17.8. The predicted molar refractivity (Wildman–Crippen MR) is 111 cm³/mol. The molecule has 8 heteroatoms. The molecule has 0 radical (unpaired) electrons. The number of halogens is 3. The van der Waals surface area contributed by atoms with Crippen LogP contribution < -0.4 is 10.2 Å². The fraction of sp³-hybridized carbons (Fsp3) is 0.389. The van der Waals surface area contributed by atoms with Gasteiger partial charge < -0.3 is 19.7 Å². The number of rotatable bonds is 3. The van der Waals surface area contributed by atoms with Crippen LogP contribution in [0.5, 0.6) is 0 Å². The van der Waals surface area contributed by atoms with Gasteiger partial charge >= 0.3 is 0 Å². The number of piperazine rings is 1. The molecule has 142 valence electrons. The second-order valence-corrected chi connectivity index (χ2v) is 6.16. The zero-order valence-corrected chi connectivity index (χ0v) is 17.3. The Bertz CT molecular complexity index is 754. The van der Waals surface area contributed by atoms with E-state index in [9.17, 15) is 8.78 Å². The molecule has 0 unspecified atom stereocenters. The first-order valence-electron chi connectivity index (χ1n) is 8.33. The number of nitrogens with one attached hydrogen (secondary N) is 1. The van der Waals surface area contributed by atoms with Gasteiger partial charge in [0.15, 0.2) is 5.96 Å². The van der Waals surface area contributed by atoms with Crippen LogP contribution in [0.2, 0.25) is 0 Å². The summed E-state index contributed by atoms with van der Waals surface area (Å²) in [7, 11) is 3.75. The molecule has 0 amide bonds. The highest BCUT2D eigenvalue weighted by molar-refractivity contribution is 14.0. The average Bonchev–Trinajstić information content (AvgIpc) is 3.03. The molecule has 0 atom stereocenters. The van der Waals surface area contributed by atoms with Gasteiger partial charge in [-0.1, -0.05) is 0 Å². The van der Waals surface area contributed by atoms with Crippen LogP contribution in [0, 0.1) is 11.6 Å². The SMILES string of the molecule is CN=C(NCc1ccn(C)c1)N1CCN(c2cc(F)ccc2F)CC1.I. The van der Waals surface area contributed by atoms with E-state index >= 15 is 0 Å². The van der Waals surface area contributed by atoms with Crippen LogP contribution in [0.15, 0.2) is 41.7 Å². The Morgan fingerprint density at radius 3 is 2.50 bits per heavy atom. The van der Waals surface area contributed by atoms with E-state index in [0.717, 1.165) is 12.0 Å². The van der Waals surface area contributed by atoms with Gasteiger partial charge in [0.25, 0.3) is 0 Å². The summed E-state index contributed by atoms with van der Waals surface area (Å²) in [6.45, 7) is 3.33. The summed E-state index contributed by atoms with van der Waals surface area (Å²) < 4.78 is 29.3. The summed E-state index contributed by atoms with van der Waals surface area (Å²) in [5, 5.41) is 3.35. The summed E-state index contributed by atoms with van der Waals surface area (Å²) in [5.41, 5.74) is 1.51. The van der Waals surface area contributed by atoms with E-state index in [0.29, 0.717) is 38.4 Å². The van der Waals surface area contributed by atoms with Gasteiger partial charge in [-0.3, -0.25) is 4.99 Å². The molecule has 3 rings (SSSR count). The minimum Gasteiger partial charge on any atom is -0.366 e. The normalized spacial score (nSPS) is 15.0. The van der Waals surface area contributed by atoms with Gasteiger partial charge in [-0.05, 0) is 23.8 Å². The molecule has 1 aromatic carbocycles. The third-order valence-electron chi connectivity index (χ3n) is 4.38. The fourth-order valence-corrected chi connectivity index (χ4v) is 3.07. The molecule has 0 aliphatic carbocycles. The van der Waals surface area contributed by atoms with Crippen LogP contribution in [-0.2, 0) is 13.6 Å². The molecular weight excluding hydrogens is 451 g/mol. The topological polar surface area (TPSA) is 35.8 Å². The van der Waals surface area contributed by atoms with Crippen molar-refractivity contribution in [1.82, 2.24) is 14.8 Å². The van der Waals surface area contributed by atoms with Crippen molar-refractivity contribution in [2.75, 3.05) is 38.1 Å². The first-order chi connectivity index (χ1) is 12.1. The van der Waals surface area contributed by atoms with Crippen LogP contribution in [0.1, 0.15) is 5.56 Å². The molecule has 2 aromatic rings. The monoisotopic (exact) mass is 475 g/mol. The van der Waals surface area contributed by atoms with Crippen LogP contribution >= 0.6 is 24.0 Å². The molecule has 1 aromatic heterocycles. The van der Waals surface area contributed by atoms with E-state index in [1.54, 1.807) is 7.05 Å². The summed E-state index contributed by atoms with van der Waals surface area (Å²) in [5.74, 6) is 0.0174. The van der Waals surface area contributed by atoms with Crippen molar-refractivity contribution in [3.8, 4) is 0 Å². The van der Waals surface area contributed by atoms with Crippen molar-refractivity contribution in [2.24, 2.45) is 12.0 Å². The molecule has 5 nitrogen and oxygen atoms in total. The van der Waals surface area contributed by atoms with E-state index in [2.05, 4.69) is 27.5 Å². The van der Waals surface area contributed by atoms with Crippen molar-refractivity contribution in [1.29, 1.82) is 0 Å². The number of nitrogens with zero attached hydrogens (tertiary/aromatic N) is 4. The Kier molecular flexibility index (Phi) is 7.24. The molecule has 1 saturated heterocycles. The van der Waals surface area contributed by atoms with E-state index in [1.165, 1.54) is 17.7 Å². The number of hydrogen-bond acceptors (Lipinski definition) is 2. The number of benzene rings is 1. The van der Waals surface area contributed by atoms with Gasteiger partial charge in [0.2, 0.25) is 0 Å². The summed E-state index contributed by atoms with van der Waals surface area (Å²) >= 11 is 0. The number of anilines is 1. The standard InChI is InChI=1S/C18H23F2N5.HI/c1-21-18(22-12-14-5-6-23(2)13-14)25-9-7-24(8-10-25)17-11-15(19)3-4-16(17)20;/h3-6,11,13H,7-10,12H2,1-2H3,(H,21,22);1H.